The molecular formula is C10H12N4O2. The van der Waals surface area contributed by atoms with Gasteiger partial charge in [0.25, 0.3) is 0 Å². The van der Waals surface area contributed by atoms with Crippen LogP contribution in [0.2, 0.25) is 0 Å². The third-order valence-electron chi connectivity index (χ3n) is 1.85. The molecule has 0 aromatic carbocycles. The van der Waals surface area contributed by atoms with Crippen molar-refractivity contribution in [3.05, 3.63) is 46.8 Å². The van der Waals surface area contributed by atoms with E-state index in [1.807, 2.05) is 0 Å². The number of aryl methyl sites for hydroxylation is 1. The van der Waals surface area contributed by atoms with Gasteiger partial charge in [-0.2, -0.15) is 0 Å². The molecule has 0 saturated heterocycles. The van der Waals surface area contributed by atoms with Gasteiger partial charge in [0.1, 0.15) is 5.84 Å². The Labute approximate surface area is 92.8 Å². The van der Waals surface area contributed by atoms with Gasteiger partial charge in [0, 0.05) is 6.20 Å². The highest BCUT2D eigenvalue weighted by atomic mass is 16.6. The van der Waals surface area contributed by atoms with Crippen LogP contribution in [0.3, 0.4) is 0 Å². The van der Waals surface area contributed by atoms with E-state index in [9.17, 15) is 10.1 Å². The fourth-order valence-corrected chi connectivity index (χ4v) is 1.14. The lowest BCUT2D eigenvalue weighted by Crippen LogP contribution is -2.10. The summed E-state index contributed by atoms with van der Waals surface area (Å²) in [7, 11) is 0. The molecule has 1 rings (SSSR count). The van der Waals surface area contributed by atoms with Gasteiger partial charge in [-0.05, 0) is 24.8 Å². The Bertz CT molecular complexity index is 471. The lowest BCUT2D eigenvalue weighted by Gasteiger charge is -1.95. The Morgan fingerprint density at radius 2 is 2.44 bits per heavy atom. The zero-order valence-electron chi connectivity index (χ0n) is 9.12. The van der Waals surface area contributed by atoms with Gasteiger partial charge >= 0.3 is 5.82 Å². The summed E-state index contributed by atoms with van der Waals surface area (Å²) < 4.78 is 1.42. The monoisotopic (exact) mass is 220 g/mol. The van der Waals surface area contributed by atoms with Crippen LogP contribution in [0.15, 0.2) is 36.0 Å². The molecule has 0 atom stereocenters. The molecule has 0 fully saturated rings. The van der Waals surface area contributed by atoms with E-state index in [1.54, 1.807) is 32.2 Å². The predicted octanol–water partition coefficient (Wildman–Crippen LogP) is 2.07. The number of aliphatic imine (C=N–C) groups is 1. The molecule has 0 radical (unpaired) electrons. The second-order valence-electron chi connectivity index (χ2n) is 3.07. The van der Waals surface area contributed by atoms with Crippen LogP contribution >= 0.6 is 0 Å². The molecule has 0 unspecified atom stereocenters. The first-order chi connectivity index (χ1) is 7.56. The first-order valence-electron chi connectivity index (χ1n) is 4.59. The standard InChI is InChI=1S/C10H12N4O2/c1-4-5-6-11-9(3)13-8(2)7-10(12-13)14(15)16/h4-7H,1H2,2-3H3/b6-5-,11-9?. The first kappa shape index (κ1) is 11.8. The van der Waals surface area contributed by atoms with Crippen LogP contribution in [0.1, 0.15) is 12.6 Å². The van der Waals surface area contributed by atoms with Crippen LogP contribution in [-0.2, 0) is 0 Å². The molecule has 84 valence electrons. The van der Waals surface area contributed by atoms with Crippen molar-refractivity contribution in [1.29, 1.82) is 0 Å². The fourth-order valence-electron chi connectivity index (χ4n) is 1.14. The van der Waals surface area contributed by atoms with Gasteiger partial charge in [-0.15, -0.1) is 4.68 Å². The van der Waals surface area contributed by atoms with Gasteiger partial charge in [0.15, 0.2) is 0 Å². The molecule has 0 amide bonds. The zero-order valence-corrected chi connectivity index (χ0v) is 9.12. The van der Waals surface area contributed by atoms with Crippen molar-refractivity contribution in [1.82, 2.24) is 9.78 Å². The van der Waals surface area contributed by atoms with E-state index in [-0.39, 0.29) is 5.82 Å². The molecular weight excluding hydrogens is 208 g/mol. The molecule has 0 saturated carbocycles. The molecule has 0 N–H and O–H groups in total. The van der Waals surface area contributed by atoms with Crippen molar-refractivity contribution in [3.8, 4) is 0 Å². The summed E-state index contributed by atoms with van der Waals surface area (Å²) in [5.74, 6) is 0.378. The topological polar surface area (TPSA) is 73.3 Å². The highest BCUT2D eigenvalue weighted by Gasteiger charge is 2.16. The SMILES string of the molecule is C=C/C=C\N=C(C)n1nc([N+](=O)[O-])cc1C. The summed E-state index contributed by atoms with van der Waals surface area (Å²) in [4.78, 5) is 14.0. The second kappa shape index (κ2) is 5.01. The number of rotatable bonds is 3. The molecule has 0 aliphatic carbocycles. The minimum absolute atomic E-state index is 0.181. The van der Waals surface area contributed by atoms with Gasteiger partial charge in [-0.1, -0.05) is 12.7 Å². The van der Waals surface area contributed by atoms with E-state index < -0.39 is 4.92 Å². The van der Waals surface area contributed by atoms with E-state index in [0.717, 1.165) is 0 Å². The van der Waals surface area contributed by atoms with Crippen molar-refractivity contribution in [2.45, 2.75) is 13.8 Å². The Morgan fingerprint density at radius 1 is 1.75 bits per heavy atom. The minimum Gasteiger partial charge on any atom is -0.358 e. The van der Waals surface area contributed by atoms with E-state index in [0.29, 0.717) is 11.5 Å². The molecule has 0 bridgehead atoms. The largest absolute Gasteiger partial charge is 0.390 e. The molecule has 16 heavy (non-hydrogen) atoms. The third-order valence-corrected chi connectivity index (χ3v) is 1.85. The molecule has 0 spiro atoms. The Hall–Kier alpha value is -2.24. The molecule has 1 aromatic rings. The molecule has 6 nitrogen and oxygen atoms in total. The smallest absolute Gasteiger partial charge is 0.358 e. The van der Waals surface area contributed by atoms with E-state index in [1.165, 1.54) is 10.7 Å². The average Bonchev–Trinajstić information content (AvgIpc) is 2.61. The van der Waals surface area contributed by atoms with Crippen LogP contribution < -0.4 is 0 Å². The predicted molar refractivity (Wildman–Crippen MR) is 61.5 cm³/mol. The molecule has 0 aliphatic heterocycles. The van der Waals surface area contributed by atoms with Crippen molar-refractivity contribution < 1.29 is 4.92 Å². The quantitative estimate of drug-likeness (QED) is 0.257. The van der Waals surface area contributed by atoms with E-state index in [4.69, 9.17) is 0 Å². The van der Waals surface area contributed by atoms with Crippen molar-refractivity contribution >= 4 is 11.7 Å². The summed E-state index contributed by atoms with van der Waals surface area (Å²) >= 11 is 0. The van der Waals surface area contributed by atoms with Crippen LogP contribution in [0.5, 0.6) is 0 Å². The van der Waals surface area contributed by atoms with E-state index in [2.05, 4.69) is 16.7 Å². The summed E-state index contributed by atoms with van der Waals surface area (Å²) in [6.45, 7) is 6.96. The van der Waals surface area contributed by atoms with Gasteiger partial charge < -0.3 is 10.1 Å². The lowest BCUT2D eigenvalue weighted by molar-refractivity contribution is -0.389. The fraction of sp³-hybridized carbons (Fsp3) is 0.200. The Kier molecular flexibility index (Phi) is 3.71. The molecule has 1 heterocycles. The van der Waals surface area contributed by atoms with Gasteiger partial charge in [0.05, 0.1) is 16.9 Å². The maximum atomic E-state index is 10.5. The van der Waals surface area contributed by atoms with Crippen molar-refractivity contribution in [3.63, 3.8) is 0 Å². The van der Waals surface area contributed by atoms with Gasteiger partial charge in [-0.3, -0.25) is 0 Å². The molecule has 6 heteroatoms. The minimum atomic E-state index is -0.531. The number of allylic oxidation sites excluding steroid dienone is 2. The summed E-state index contributed by atoms with van der Waals surface area (Å²) in [5, 5.41) is 14.3. The second-order valence-corrected chi connectivity index (χ2v) is 3.07. The normalized spacial score (nSPS) is 12.0. The van der Waals surface area contributed by atoms with Crippen LogP contribution in [0.25, 0.3) is 0 Å². The van der Waals surface area contributed by atoms with E-state index >= 15 is 0 Å². The summed E-state index contributed by atoms with van der Waals surface area (Å²) in [6, 6.07) is 1.40. The zero-order chi connectivity index (χ0) is 12.1. The number of hydrogen-bond acceptors (Lipinski definition) is 4. The van der Waals surface area contributed by atoms with Crippen LogP contribution in [0, 0.1) is 17.0 Å². The maximum Gasteiger partial charge on any atom is 0.390 e. The van der Waals surface area contributed by atoms with Crippen molar-refractivity contribution in [2.24, 2.45) is 4.99 Å². The summed E-state index contributed by atoms with van der Waals surface area (Å²) in [6.07, 6.45) is 4.81. The van der Waals surface area contributed by atoms with Gasteiger partial charge in [-0.25, -0.2) is 4.99 Å². The van der Waals surface area contributed by atoms with Crippen molar-refractivity contribution in [2.75, 3.05) is 0 Å². The highest BCUT2D eigenvalue weighted by Crippen LogP contribution is 2.10. The van der Waals surface area contributed by atoms with Crippen LogP contribution in [-0.4, -0.2) is 20.5 Å². The Balaban J connectivity index is 3.04. The molecule has 0 aliphatic rings. The highest BCUT2D eigenvalue weighted by molar-refractivity contribution is 5.82. The summed E-state index contributed by atoms with van der Waals surface area (Å²) in [5.41, 5.74) is 0.667. The maximum absolute atomic E-state index is 10.5. The Morgan fingerprint density at radius 3 is 2.94 bits per heavy atom. The molecule has 1 aromatic heterocycles. The number of aromatic nitrogens is 2. The lowest BCUT2D eigenvalue weighted by atomic mass is 10.4. The number of hydrogen-bond donors (Lipinski definition) is 0. The third kappa shape index (κ3) is 2.63. The van der Waals surface area contributed by atoms with Gasteiger partial charge in [0.2, 0.25) is 0 Å². The number of nitro groups is 1. The average molecular weight is 220 g/mol. The number of nitrogens with zero attached hydrogens (tertiary/aromatic N) is 4. The first-order valence-corrected chi connectivity index (χ1v) is 4.59. The van der Waals surface area contributed by atoms with Crippen LogP contribution in [0.4, 0.5) is 5.82 Å².